The van der Waals surface area contributed by atoms with Crippen LogP contribution in [0.2, 0.25) is 0 Å². The van der Waals surface area contributed by atoms with Crippen LogP contribution in [0.25, 0.3) is 10.8 Å². The molecule has 3 N–H and O–H groups in total. The van der Waals surface area contributed by atoms with E-state index in [2.05, 4.69) is 0 Å². The summed E-state index contributed by atoms with van der Waals surface area (Å²) in [5.74, 6) is -0.129. The molecule has 0 saturated carbocycles. The summed E-state index contributed by atoms with van der Waals surface area (Å²) in [6.07, 6.45) is 2.04. The highest BCUT2D eigenvalue weighted by atomic mass is 31.2. The van der Waals surface area contributed by atoms with E-state index in [1.165, 1.54) is 0 Å². The van der Waals surface area contributed by atoms with Crippen LogP contribution < -0.4 is 5.30 Å². The van der Waals surface area contributed by atoms with Gasteiger partial charge in [-0.3, -0.25) is 4.57 Å². The van der Waals surface area contributed by atoms with Crippen molar-refractivity contribution in [2.24, 2.45) is 0 Å². The number of hydrogen-bond acceptors (Lipinski definition) is 3. The summed E-state index contributed by atoms with van der Waals surface area (Å²) < 4.78 is 12.4. The minimum atomic E-state index is -3.60. The van der Waals surface area contributed by atoms with Gasteiger partial charge in [-0.15, -0.1) is 0 Å². The molecule has 19 heavy (non-hydrogen) atoms. The molecular weight excluding hydrogens is 263 g/mol. The molecule has 2 aromatic rings. The second-order valence-electron chi connectivity index (χ2n) is 4.95. The molecule has 100 valence electrons. The van der Waals surface area contributed by atoms with Crippen LogP contribution in [-0.4, -0.2) is 21.3 Å². The molecule has 1 unspecified atom stereocenters. The van der Waals surface area contributed by atoms with Crippen molar-refractivity contribution in [3.05, 3.63) is 29.8 Å². The number of rotatable bonds is 0. The maximum Gasteiger partial charge on any atom is 0.233 e. The monoisotopic (exact) mass is 278 g/mol. The van der Waals surface area contributed by atoms with Gasteiger partial charge in [0, 0.05) is 22.5 Å². The molecule has 0 fully saturated rings. The van der Waals surface area contributed by atoms with Gasteiger partial charge in [0.05, 0.1) is 5.30 Å². The Balaban J connectivity index is 2.48. The van der Waals surface area contributed by atoms with Gasteiger partial charge >= 0.3 is 0 Å². The number of hydrogen-bond donors (Lipinski definition) is 3. The van der Waals surface area contributed by atoms with Crippen LogP contribution in [0, 0.1) is 0 Å². The lowest BCUT2D eigenvalue weighted by Crippen LogP contribution is -2.12. The zero-order valence-corrected chi connectivity index (χ0v) is 11.2. The van der Waals surface area contributed by atoms with E-state index in [1.54, 1.807) is 24.3 Å². The second-order valence-corrected chi connectivity index (χ2v) is 7.25. The van der Waals surface area contributed by atoms with E-state index in [4.69, 9.17) is 0 Å². The third kappa shape index (κ3) is 1.83. The Kier molecular flexibility index (Phi) is 2.80. The minimum Gasteiger partial charge on any atom is -0.507 e. The van der Waals surface area contributed by atoms with Crippen molar-refractivity contribution in [2.45, 2.75) is 19.3 Å². The van der Waals surface area contributed by atoms with E-state index >= 15 is 0 Å². The van der Waals surface area contributed by atoms with Gasteiger partial charge in [0.25, 0.3) is 0 Å². The lowest BCUT2D eigenvalue weighted by Gasteiger charge is -2.17. The highest BCUT2D eigenvalue weighted by Crippen LogP contribution is 2.50. The first-order chi connectivity index (χ1) is 9.02. The van der Waals surface area contributed by atoms with E-state index < -0.39 is 7.37 Å². The van der Waals surface area contributed by atoms with E-state index in [0.717, 1.165) is 6.42 Å². The number of fused-ring (bicyclic) bond motifs is 2. The summed E-state index contributed by atoms with van der Waals surface area (Å²) in [5.41, 5.74) is 0.430. The molecule has 4 nitrogen and oxygen atoms in total. The SMILES string of the molecule is O=P1(O)CCCCc2c1c(O)c1ccccc1c2O. The topological polar surface area (TPSA) is 77.8 Å². The van der Waals surface area contributed by atoms with Gasteiger partial charge < -0.3 is 15.1 Å². The molecular formula is C14H15O4P. The molecule has 0 amide bonds. The van der Waals surface area contributed by atoms with Crippen molar-refractivity contribution in [2.75, 3.05) is 6.16 Å². The third-order valence-corrected chi connectivity index (χ3v) is 5.82. The van der Waals surface area contributed by atoms with E-state index in [-0.39, 0.29) is 23.0 Å². The fraction of sp³-hybridized carbons (Fsp3) is 0.286. The van der Waals surface area contributed by atoms with Crippen molar-refractivity contribution in [1.29, 1.82) is 0 Å². The van der Waals surface area contributed by atoms with Crippen LogP contribution >= 0.6 is 7.37 Å². The summed E-state index contributed by atoms with van der Waals surface area (Å²) in [6, 6.07) is 6.85. The van der Waals surface area contributed by atoms with Crippen molar-refractivity contribution in [3.63, 3.8) is 0 Å². The van der Waals surface area contributed by atoms with Crippen LogP contribution in [0.1, 0.15) is 18.4 Å². The first kappa shape index (κ1) is 12.5. The van der Waals surface area contributed by atoms with Crippen molar-refractivity contribution < 1.29 is 19.7 Å². The van der Waals surface area contributed by atoms with E-state index in [1.807, 2.05) is 0 Å². The van der Waals surface area contributed by atoms with Crippen molar-refractivity contribution >= 4 is 23.4 Å². The normalized spacial score (nSPS) is 23.0. The van der Waals surface area contributed by atoms with Gasteiger partial charge in [-0.2, -0.15) is 0 Å². The Morgan fingerprint density at radius 2 is 1.63 bits per heavy atom. The average Bonchev–Trinajstić information content (AvgIpc) is 2.55. The molecule has 0 bridgehead atoms. The summed E-state index contributed by atoms with van der Waals surface area (Å²) >= 11 is 0. The Bertz CT molecular complexity index is 708. The van der Waals surface area contributed by atoms with Crippen LogP contribution in [0.4, 0.5) is 0 Å². The van der Waals surface area contributed by atoms with Crippen molar-refractivity contribution in [3.8, 4) is 11.5 Å². The molecule has 0 radical (unpaired) electrons. The Morgan fingerprint density at radius 3 is 2.32 bits per heavy atom. The lowest BCUT2D eigenvalue weighted by molar-refractivity contribution is 0.461. The minimum absolute atomic E-state index is 0.0274. The fourth-order valence-corrected chi connectivity index (χ4v) is 4.76. The number of benzene rings is 2. The molecule has 1 atom stereocenters. The van der Waals surface area contributed by atoms with Gasteiger partial charge in [0.2, 0.25) is 7.37 Å². The standard InChI is InChI=1S/C14H15O4P/c15-12-9-5-1-2-6-10(9)13(16)14-11(12)7-3-4-8-19(14,17)18/h1-2,5-6,15-16H,3-4,7-8H2,(H,17,18). The Morgan fingerprint density at radius 1 is 1.00 bits per heavy atom. The quantitative estimate of drug-likeness (QED) is 0.511. The Labute approximate surface area is 110 Å². The van der Waals surface area contributed by atoms with Crippen LogP contribution in [0.15, 0.2) is 24.3 Å². The van der Waals surface area contributed by atoms with Gasteiger partial charge in [-0.1, -0.05) is 24.3 Å². The van der Waals surface area contributed by atoms with Crippen LogP contribution in [0.3, 0.4) is 0 Å². The van der Waals surface area contributed by atoms with Gasteiger partial charge in [-0.25, -0.2) is 0 Å². The van der Waals surface area contributed by atoms with Crippen LogP contribution in [0.5, 0.6) is 11.5 Å². The second kappa shape index (κ2) is 4.26. The highest BCUT2D eigenvalue weighted by molar-refractivity contribution is 7.66. The molecule has 1 aliphatic heterocycles. The molecule has 5 heteroatoms. The predicted molar refractivity (Wildman–Crippen MR) is 74.5 cm³/mol. The zero-order valence-electron chi connectivity index (χ0n) is 10.3. The molecule has 0 aliphatic carbocycles. The summed E-state index contributed by atoms with van der Waals surface area (Å²) in [5, 5.41) is 21.7. The molecule has 0 spiro atoms. The van der Waals surface area contributed by atoms with Crippen LogP contribution in [-0.2, 0) is 11.0 Å². The molecule has 0 saturated heterocycles. The molecule has 1 heterocycles. The molecule has 0 aromatic heterocycles. The summed E-state index contributed by atoms with van der Waals surface area (Å²) in [7, 11) is -3.60. The number of phenols is 2. The van der Waals surface area contributed by atoms with Gasteiger partial charge in [-0.05, 0) is 19.3 Å². The maximum atomic E-state index is 12.4. The first-order valence-corrected chi connectivity index (χ1v) is 8.15. The lowest BCUT2D eigenvalue weighted by atomic mass is 10.0. The Hall–Kier alpha value is -1.51. The van der Waals surface area contributed by atoms with E-state index in [9.17, 15) is 19.7 Å². The smallest absolute Gasteiger partial charge is 0.233 e. The fourth-order valence-electron chi connectivity index (χ4n) is 2.79. The highest BCUT2D eigenvalue weighted by Gasteiger charge is 2.33. The molecule has 1 aliphatic rings. The van der Waals surface area contributed by atoms with Crippen molar-refractivity contribution in [1.82, 2.24) is 0 Å². The largest absolute Gasteiger partial charge is 0.507 e. The molecule has 2 aromatic carbocycles. The maximum absolute atomic E-state index is 12.4. The van der Waals surface area contributed by atoms with Gasteiger partial charge in [0.15, 0.2) is 0 Å². The zero-order chi connectivity index (χ0) is 13.6. The van der Waals surface area contributed by atoms with Gasteiger partial charge in [0.1, 0.15) is 11.5 Å². The molecule has 3 rings (SSSR count). The average molecular weight is 278 g/mol. The predicted octanol–water partition coefficient (Wildman–Crippen LogP) is 2.48. The summed E-state index contributed by atoms with van der Waals surface area (Å²) in [4.78, 5) is 10.2. The van der Waals surface area contributed by atoms with E-state index in [0.29, 0.717) is 29.2 Å². The number of phenolic OH excluding ortho intramolecular Hbond substituents is 2. The number of aromatic hydroxyl groups is 2. The summed E-state index contributed by atoms with van der Waals surface area (Å²) in [6.45, 7) is 0. The third-order valence-electron chi connectivity index (χ3n) is 3.72. The first-order valence-electron chi connectivity index (χ1n) is 6.30.